The Morgan fingerprint density at radius 2 is 1.76 bits per heavy atom. The van der Waals surface area contributed by atoms with Crippen molar-refractivity contribution in [2.75, 3.05) is 19.0 Å². The fraction of sp³-hybridized carbons (Fsp3) is 0.182. The third kappa shape index (κ3) is 5.26. The van der Waals surface area contributed by atoms with Crippen LogP contribution in [0.3, 0.4) is 0 Å². The van der Waals surface area contributed by atoms with E-state index >= 15 is 0 Å². The molecule has 206 valence electrons. The summed E-state index contributed by atoms with van der Waals surface area (Å²) in [6.07, 6.45) is 2.07. The Hall–Kier alpha value is -4.69. The van der Waals surface area contributed by atoms with Gasteiger partial charge in [0, 0.05) is 47.3 Å². The van der Waals surface area contributed by atoms with Gasteiger partial charge >= 0.3 is 0 Å². The van der Waals surface area contributed by atoms with Crippen molar-refractivity contribution in [1.29, 1.82) is 0 Å². The van der Waals surface area contributed by atoms with E-state index in [0.717, 1.165) is 45.0 Å². The van der Waals surface area contributed by atoms with Gasteiger partial charge in [-0.3, -0.25) is 9.78 Å². The van der Waals surface area contributed by atoms with E-state index < -0.39 is 0 Å². The lowest BCUT2D eigenvalue weighted by molar-refractivity contribution is -0.116. The molecule has 41 heavy (non-hydrogen) atoms. The second-order valence-electron chi connectivity index (χ2n) is 10.1. The first-order chi connectivity index (χ1) is 20.0. The quantitative estimate of drug-likeness (QED) is 0.215. The van der Waals surface area contributed by atoms with E-state index in [1.165, 1.54) is 0 Å². The van der Waals surface area contributed by atoms with Gasteiger partial charge in [0.1, 0.15) is 5.75 Å². The molecule has 1 amide bonds. The zero-order valence-corrected chi connectivity index (χ0v) is 23.8. The Morgan fingerprint density at radius 1 is 0.976 bits per heavy atom. The molecule has 0 unspecified atom stereocenters. The lowest BCUT2D eigenvalue weighted by Gasteiger charge is -2.29. The predicted octanol–water partition coefficient (Wildman–Crippen LogP) is 6.34. The molecule has 6 rings (SSSR count). The van der Waals surface area contributed by atoms with Crippen LogP contribution in [-0.4, -0.2) is 39.1 Å². The standard InChI is InChI=1S/C33H31N5O2S/c1-22-13-18-29(38(22)24-14-16-25(40-2)17-15-24)32-31(28-11-5-6-20-34-28)36-33(41)37(32)21-19-30(39)35-27-12-7-9-23-8-3-4-10-26(23)27/h3-18,20,31-32H,19,21H2,1-2H3,(H,35,39)(H,36,41)/t31-,32+/m1/s1. The normalized spacial score (nSPS) is 16.5. The molecule has 5 aromatic rings. The number of ether oxygens (including phenoxy) is 1. The highest BCUT2D eigenvalue weighted by molar-refractivity contribution is 7.80. The maximum Gasteiger partial charge on any atom is 0.226 e. The summed E-state index contributed by atoms with van der Waals surface area (Å²) in [6, 6.07) is 31.8. The Bertz CT molecular complexity index is 1700. The number of thiocarbonyl (C=S) groups is 1. The predicted molar refractivity (Wildman–Crippen MR) is 166 cm³/mol. The third-order valence-electron chi connectivity index (χ3n) is 7.58. The number of amides is 1. The molecule has 1 saturated heterocycles. The van der Waals surface area contributed by atoms with Crippen molar-refractivity contribution in [3.63, 3.8) is 0 Å². The number of hydrogen-bond donors (Lipinski definition) is 2. The van der Waals surface area contributed by atoms with Crippen LogP contribution in [0.5, 0.6) is 5.75 Å². The summed E-state index contributed by atoms with van der Waals surface area (Å²) in [5, 5.41) is 9.32. The summed E-state index contributed by atoms with van der Waals surface area (Å²) in [4.78, 5) is 20.0. The molecule has 0 bridgehead atoms. The van der Waals surface area contributed by atoms with Crippen LogP contribution in [0.2, 0.25) is 0 Å². The van der Waals surface area contributed by atoms with Gasteiger partial charge in [-0.05, 0) is 79.1 Å². The first-order valence-corrected chi connectivity index (χ1v) is 14.0. The molecule has 0 radical (unpaired) electrons. The lowest BCUT2D eigenvalue weighted by atomic mass is 10.0. The van der Waals surface area contributed by atoms with Crippen molar-refractivity contribution in [2.45, 2.75) is 25.4 Å². The average molecular weight is 562 g/mol. The molecule has 3 aromatic carbocycles. The number of rotatable bonds is 8. The van der Waals surface area contributed by atoms with Gasteiger partial charge in [0.25, 0.3) is 0 Å². The molecule has 1 aliphatic heterocycles. The number of aromatic nitrogens is 2. The van der Waals surface area contributed by atoms with Crippen LogP contribution in [0, 0.1) is 6.92 Å². The number of pyridine rings is 1. The number of hydrogen-bond acceptors (Lipinski definition) is 4. The minimum Gasteiger partial charge on any atom is -0.497 e. The molecule has 2 atom stereocenters. The first kappa shape index (κ1) is 26.5. The van der Waals surface area contributed by atoms with E-state index in [0.29, 0.717) is 11.7 Å². The molecule has 1 aliphatic rings. The Morgan fingerprint density at radius 3 is 2.54 bits per heavy atom. The monoisotopic (exact) mass is 561 g/mol. The molecule has 0 aliphatic carbocycles. The van der Waals surface area contributed by atoms with E-state index in [9.17, 15) is 4.79 Å². The summed E-state index contributed by atoms with van der Waals surface area (Å²) in [5.74, 6) is 0.736. The summed E-state index contributed by atoms with van der Waals surface area (Å²) in [5.41, 5.74) is 4.88. The summed E-state index contributed by atoms with van der Waals surface area (Å²) < 4.78 is 7.62. The largest absolute Gasteiger partial charge is 0.497 e. The van der Waals surface area contributed by atoms with Gasteiger partial charge in [-0.2, -0.15) is 0 Å². The van der Waals surface area contributed by atoms with E-state index in [4.69, 9.17) is 17.0 Å². The number of aryl methyl sites for hydroxylation is 1. The molecule has 2 aromatic heterocycles. The number of carbonyl (C=O) groups is 1. The van der Waals surface area contributed by atoms with Crippen LogP contribution < -0.4 is 15.4 Å². The fourth-order valence-corrected chi connectivity index (χ4v) is 5.94. The van der Waals surface area contributed by atoms with Gasteiger partial charge in [-0.15, -0.1) is 0 Å². The van der Waals surface area contributed by atoms with Crippen molar-refractivity contribution in [1.82, 2.24) is 19.8 Å². The second-order valence-corrected chi connectivity index (χ2v) is 10.5. The molecule has 0 saturated carbocycles. The van der Waals surface area contributed by atoms with Crippen molar-refractivity contribution in [2.24, 2.45) is 0 Å². The van der Waals surface area contributed by atoms with Gasteiger partial charge in [-0.25, -0.2) is 0 Å². The minimum atomic E-state index is -0.184. The maximum absolute atomic E-state index is 13.2. The number of methoxy groups -OCH3 is 1. The van der Waals surface area contributed by atoms with Gasteiger partial charge in [0.05, 0.1) is 24.9 Å². The van der Waals surface area contributed by atoms with Gasteiger partial charge in [-0.1, -0.05) is 42.5 Å². The molecule has 8 heteroatoms. The van der Waals surface area contributed by atoms with Gasteiger partial charge < -0.3 is 24.8 Å². The van der Waals surface area contributed by atoms with Gasteiger partial charge in [0.15, 0.2) is 5.11 Å². The van der Waals surface area contributed by atoms with Crippen LogP contribution >= 0.6 is 12.2 Å². The summed E-state index contributed by atoms with van der Waals surface area (Å²) >= 11 is 5.87. The number of anilines is 1. The third-order valence-corrected chi connectivity index (χ3v) is 7.93. The van der Waals surface area contributed by atoms with Crippen LogP contribution in [0.15, 0.2) is 103 Å². The zero-order chi connectivity index (χ0) is 28.3. The van der Waals surface area contributed by atoms with E-state index in [-0.39, 0.29) is 24.4 Å². The molecule has 0 spiro atoms. The van der Waals surface area contributed by atoms with E-state index in [1.807, 2.05) is 84.9 Å². The van der Waals surface area contributed by atoms with Crippen LogP contribution in [0.4, 0.5) is 5.69 Å². The van der Waals surface area contributed by atoms with Crippen LogP contribution in [0.1, 0.15) is 35.6 Å². The smallest absolute Gasteiger partial charge is 0.226 e. The highest BCUT2D eigenvalue weighted by Crippen LogP contribution is 2.40. The highest BCUT2D eigenvalue weighted by Gasteiger charge is 2.41. The first-order valence-electron chi connectivity index (χ1n) is 13.6. The number of benzene rings is 3. The Labute approximate surface area is 244 Å². The molecule has 1 fully saturated rings. The minimum absolute atomic E-state index is 0.0640. The molecular weight excluding hydrogens is 530 g/mol. The molecule has 2 N–H and O–H groups in total. The summed E-state index contributed by atoms with van der Waals surface area (Å²) in [6.45, 7) is 2.54. The lowest BCUT2D eigenvalue weighted by Crippen LogP contribution is -2.33. The topological polar surface area (TPSA) is 71.4 Å². The molecule has 3 heterocycles. The number of fused-ring (bicyclic) bond motifs is 1. The molecular formula is C33H31N5O2S. The van der Waals surface area contributed by atoms with Crippen molar-refractivity contribution >= 4 is 39.7 Å². The molecule has 7 nitrogen and oxygen atoms in total. The van der Waals surface area contributed by atoms with E-state index in [1.54, 1.807) is 13.3 Å². The highest BCUT2D eigenvalue weighted by atomic mass is 32.1. The number of carbonyl (C=O) groups excluding carboxylic acids is 1. The van der Waals surface area contributed by atoms with E-state index in [2.05, 4.69) is 44.1 Å². The Balaban J connectivity index is 1.31. The number of nitrogens with zero attached hydrogens (tertiary/aromatic N) is 3. The zero-order valence-electron chi connectivity index (χ0n) is 23.0. The van der Waals surface area contributed by atoms with Crippen LogP contribution in [0.25, 0.3) is 16.5 Å². The number of nitrogens with one attached hydrogen (secondary N) is 2. The average Bonchev–Trinajstić information content (AvgIpc) is 3.55. The SMILES string of the molecule is COc1ccc(-n2c(C)ccc2[C@H]2[C@@H](c3ccccn3)NC(=S)N2CCC(=O)Nc2cccc3ccccc23)cc1. The summed E-state index contributed by atoms with van der Waals surface area (Å²) in [7, 11) is 1.66. The fourth-order valence-electron chi connectivity index (χ4n) is 5.61. The van der Waals surface area contributed by atoms with Crippen LogP contribution in [-0.2, 0) is 4.79 Å². The van der Waals surface area contributed by atoms with Crippen molar-refractivity contribution in [3.8, 4) is 11.4 Å². The second kappa shape index (κ2) is 11.4. The van der Waals surface area contributed by atoms with Crippen molar-refractivity contribution in [3.05, 3.63) is 120 Å². The maximum atomic E-state index is 13.2. The van der Waals surface area contributed by atoms with Gasteiger partial charge in [0.2, 0.25) is 5.91 Å². The Kier molecular flexibility index (Phi) is 7.39. The van der Waals surface area contributed by atoms with Crippen molar-refractivity contribution < 1.29 is 9.53 Å².